The van der Waals surface area contributed by atoms with E-state index in [1.165, 1.54) is 25.7 Å². The Labute approximate surface area is 119 Å². The maximum Gasteiger partial charge on any atom is 0.269 e. The minimum Gasteiger partial charge on any atom is -0.349 e. The Morgan fingerprint density at radius 2 is 2.25 bits per heavy atom. The van der Waals surface area contributed by atoms with Gasteiger partial charge in [0.15, 0.2) is 0 Å². The van der Waals surface area contributed by atoms with E-state index in [9.17, 15) is 4.79 Å². The quantitative estimate of drug-likeness (QED) is 0.533. The summed E-state index contributed by atoms with van der Waals surface area (Å²) in [5.74, 6) is 5.15. The summed E-state index contributed by atoms with van der Waals surface area (Å²) in [6.45, 7) is 1.50. The van der Waals surface area contributed by atoms with Crippen molar-refractivity contribution in [3.63, 3.8) is 0 Å². The third-order valence-electron chi connectivity index (χ3n) is 3.86. The van der Waals surface area contributed by atoms with E-state index in [1.807, 2.05) is 0 Å². The van der Waals surface area contributed by atoms with Crippen molar-refractivity contribution in [3.05, 3.63) is 24.0 Å². The van der Waals surface area contributed by atoms with Crippen molar-refractivity contribution in [2.45, 2.75) is 31.7 Å². The molecule has 20 heavy (non-hydrogen) atoms. The van der Waals surface area contributed by atoms with Crippen molar-refractivity contribution in [2.75, 3.05) is 25.6 Å². The van der Waals surface area contributed by atoms with Crippen molar-refractivity contribution in [2.24, 2.45) is 5.84 Å². The zero-order valence-electron chi connectivity index (χ0n) is 11.9. The lowest BCUT2D eigenvalue weighted by atomic mass is 10.2. The highest BCUT2D eigenvalue weighted by atomic mass is 16.1. The number of carbonyl (C=O) groups excluding carboxylic acids is 1. The molecule has 1 aliphatic rings. The third kappa shape index (κ3) is 3.91. The molecule has 0 atom stereocenters. The summed E-state index contributed by atoms with van der Waals surface area (Å²) in [6.07, 6.45) is 6.76. The van der Waals surface area contributed by atoms with Crippen LogP contribution in [0, 0.1) is 0 Å². The van der Waals surface area contributed by atoms with E-state index in [-0.39, 0.29) is 5.91 Å². The van der Waals surface area contributed by atoms with Crippen molar-refractivity contribution in [1.29, 1.82) is 0 Å². The smallest absolute Gasteiger partial charge is 0.269 e. The Morgan fingerprint density at radius 3 is 2.95 bits per heavy atom. The highest BCUT2D eigenvalue weighted by Gasteiger charge is 2.19. The lowest BCUT2D eigenvalue weighted by Crippen LogP contribution is -2.37. The molecule has 0 unspecified atom stereocenters. The van der Waals surface area contributed by atoms with E-state index in [0.29, 0.717) is 24.0 Å². The number of pyridine rings is 1. The molecule has 0 spiro atoms. The second-order valence-corrected chi connectivity index (χ2v) is 5.25. The largest absolute Gasteiger partial charge is 0.349 e. The first-order chi connectivity index (χ1) is 9.70. The van der Waals surface area contributed by atoms with E-state index >= 15 is 0 Å². The Balaban J connectivity index is 1.76. The van der Waals surface area contributed by atoms with E-state index < -0.39 is 0 Å². The van der Waals surface area contributed by atoms with Gasteiger partial charge in [0.1, 0.15) is 5.69 Å². The number of hydrazine groups is 1. The maximum absolute atomic E-state index is 12.0. The van der Waals surface area contributed by atoms with Crippen LogP contribution in [0.25, 0.3) is 0 Å². The Kier molecular flexibility index (Phi) is 5.31. The van der Waals surface area contributed by atoms with Crippen molar-refractivity contribution < 1.29 is 4.79 Å². The number of nitrogen functional groups attached to an aromatic ring is 1. The summed E-state index contributed by atoms with van der Waals surface area (Å²) in [5.41, 5.74) is 3.56. The molecule has 1 heterocycles. The lowest BCUT2D eigenvalue weighted by Gasteiger charge is -2.23. The van der Waals surface area contributed by atoms with Gasteiger partial charge in [0.2, 0.25) is 0 Å². The maximum atomic E-state index is 12.0. The molecule has 110 valence electrons. The molecule has 1 amide bonds. The topological polar surface area (TPSA) is 83.3 Å². The molecule has 1 aliphatic carbocycles. The number of nitrogens with two attached hydrogens (primary N) is 1. The zero-order chi connectivity index (χ0) is 14.4. The van der Waals surface area contributed by atoms with Crippen LogP contribution < -0.4 is 16.6 Å². The van der Waals surface area contributed by atoms with E-state index in [1.54, 1.807) is 18.3 Å². The van der Waals surface area contributed by atoms with Gasteiger partial charge in [-0.25, -0.2) is 0 Å². The molecule has 1 aromatic heterocycles. The highest BCUT2D eigenvalue weighted by Crippen LogP contribution is 2.21. The molecule has 0 radical (unpaired) electrons. The van der Waals surface area contributed by atoms with Crippen LogP contribution >= 0.6 is 0 Å². The molecule has 6 nitrogen and oxygen atoms in total. The van der Waals surface area contributed by atoms with E-state index in [2.05, 4.69) is 27.7 Å². The predicted molar refractivity (Wildman–Crippen MR) is 79.3 cm³/mol. The Bertz CT molecular complexity index is 445. The fourth-order valence-electron chi connectivity index (χ4n) is 2.61. The number of hydrogen-bond acceptors (Lipinski definition) is 5. The van der Waals surface area contributed by atoms with Gasteiger partial charge in [0.05, 0.1) is 5.69 Å². The van der Waals surface area contributed by atoms with Crippen molar-refractivity contribution in [3.8, 4) is 0 Å². The summed E-state index contributed by atoms with van der Waals surface area (Å²) in [4.78, 5) is 18.3. The fraction of sp³-hybridized carbons (Fsp3) is 0.571. The molecule has 1 fully saturated rings. The number of nitrogens with zero attached hydrogens (tertiary/aromatic N) is 2. The van der Waals surface area contributed by atoms with Gasteiger partial charge < -0.3 is 15.6 Å². The molecule has 1 aromatic rings. The van der Waals surface area contributed by atoms with E-state index in [0.717, 1.165) is 6.54 Å². The number of likely N-dealkylation sites (N-methyl/N-ethyl adjacent to an activating group) is 1. The number of carbonyl (C=O) groups is 1. The monoisotopic (exact) mass is 277 g/mol. The zero-order valence-corrected chi connectivity index (χ0v) is 11.9. The third-order valence-corrected chi connectivity index (χ3v) is 3.86. The number of amides is 1. The molecule has 6 heteroatoms. The summed E-state index contributed by atoms with van der Waals surface area (Å²) >= 11 is 0. The molecule has 0 aliphatic heterocycles. The van der Waals surface area contributed by atoms with Crippen LogP contribution in [-0.2, 0) is 0 Å². The van der Waals surface area contributed by atoms with Crippen LogP contribution in [-0.4, -0.2) is 42.0 Å². The number of anilines is 1. The molecule has 2 rings (SSSR count). The molecule has 4 N–H and O–H groups in total. The molecular weight excluding hydrogens is 254 g/mol. The van der Waals surface area contributed by atoms with Crippen LogP contribution in [0.15, 0.2) is 18.3 Å². The summed E-state index contributed by atoms with van der Waals surface area (Å²) in [7, 11) is 2.12. The van der Waals surface area contributed by atoms with Crippen molar-refractivity contribution in [1.82, 2.24) is 15.2 Å². The lowest BCUT2D eigenvalue weighted by molar-refractivity contribution is 0.0942. The molecule has 1 saturated carbocycles. The van der Waals surface area contributed by atoms with Gasteiger partial charge in [-0.15, -0.1) is 0 Å². The van der Waals surface area contributed by atoms with Crippen LogP contribution in [0.4, 0.5) is 5.69 Å². The summed E-state index contributed by atoms with van der Waals surface area (Å²) < 4.78 is 0. The van der Waals surface area contributed by atoms with Gasteiger partial charge in [0.25, 0.3) is 5.91 Å². The van der Waals surface area contributed by atoms with Crippen LogP contribution in [0.1, 0.15) is 36.2 Å². The van der Waals surface area contributed by atoms with Crippen molar-refractivity contribution >= 4 is 11.6 Å². The normalized spacial score (nSPS) is 15.6. The standard InChI is InChI=1S/C14H23N5O/c1-19(12-4-2-3-5-12)9-8-17-14(20)13-10-11(18-15)6-7-16-13/h6-7,10,12H,2-5,8-9,15H2,1H3,(H,16,18)(H,17,20). The van der Waals surface area contributed by atoms with Gasteiger partial charge in [-0.1, -0.05) is 12.8 Å². The molecule has 0 aromatic carbocycles. The average molecular weight is 277 g/mol. The first-order valence-corrected chi connectivity index (χ1v) is 7.12. The van der Waals surface area contributed by atoms with Crippen LogP contribution in [0.3, 0.4) is 0 Å². The second kappa shape index (κ2) is 7.21. The van der Waals surface area contributed by atoms with Gasteiger partial charge in [-0.2, -0.15) is 0 Å². The summed E-state index contributed by atoms with van der Waals surface area (Å²) in [6, 6.07) is 4.02. The first-order valence-electron chi connectivity index (χ1n) is 7.12. The van der Waals surface area contributed by atoms with Gasteiger partial charge in [-0.05, 0) is 32.0 Å². The SMILES string of the molecule is CN(CCNC(=O)c1cc(NN)ccn1)C1CCCC1. The molecular formula is C14H23N5O. The van der Waals surface area contributed by atoms with Gasteiger partial charge >= 0.3 is 0 Å². The van der Waals surface area contributed by atoms with Crippen LogP contribution in [0.2, 0.25) is 0 Å². The van der Waals surface area contributed by atoms with Crippen LogP contribution in [0.5, 0.6) is 0 Å². The second-order valence-electron chi connectivity index (χ2n) is 5.25. The number of hydrogen-bond donors (Lipinski definition) is 3. The fourth-order valence-corrected chi connectivity index (χ4v) is 2.61. The Hall–Kier alpha value is -1.66. The first kappa shape index (κ1) is 14.7. The summed E-state index contributed by atoms with van der Waals surface area (Å²) in [5, 5.41) is 2.89. The minimum atomic E-state index is -0.165. The number of rotatable bonds is 6. The highest BCUT2D eigenvalue weighted by molar-refractivity contribution is 5.93. The number of nitrogens with one attached hydrogen (secondary N) is 2. The molecule has 0 bridgehead atoms. The molecule has 0 saturated heterocycles. The number of aromatic nitrogens is 1. The van der Waals surface area contributed by atoms with Gasteiger partial charge in [0, 0.05) is 25.3 Å². The predicted octanol–water partition coefficient (Wildman–Crippen LogP) is 0.971. The van der Waals surface area contributed by atoms with E-state index in [4.69, 9.17) is 5.84 Å². The Morgan fingerprint density at radius 1 is 1.50 bits per heavy atom. The van der Waals surface area contributed by atoms with Gasteiger partial charge in [-0.3, -0.25) is 15.6 Å². The minimum absolute atomic E-state index is 0.165. The average Bonchev–Trinajstić information content (AvgIpc) is 3.01.